The van der Waals surface area contributed by atoms with Crippen molar-refractivity contribution < 1.29 is 9.53 Å². The van der Waals surface area contributed by atoms with Crippen molar-refractivity contribution in [2.75, 3.05) is 25.5 Å². The third kappa shape index (κ3) is 4.04. The second-order valence-electron chi connectivity index (χ2n) is 6.53. The Morgan fingerprint density at radius 1 is 1.03 bits per heavy atom. The lowest BCUT2D eigenvalue weighted by Crippen LogP contribution is -2.26. The van der Waals surface area contributed by atoms with Crippen LogP contribution in [-0.2, 0) is 4.74 Å². The molecular weight excluding hydrogens is 364 g/mol. The molecule has 29 heavy (non-hydrogen) atoms. The summed E-state index contributed by atoms with van der Waals surface area (Å²) in [5, 5.41) is 5.50. The van der Waals surface area contributed by atoms with Gasteiger partial charge < -0.3 is 15.4 Å². The van der Waals surface area contributed by atoms with Crippen LogP contribution in [0.25, 0.3) is 11.1 Å². The monoisotopic (exact) mass is 384 g/mol. The van der Waals surface area contributed by atoms with E-state index in [0.717, 1.165) is 0 Å². The molecular formula is C23H20N4O2. The van der Waals surface area contributed by atoms with Gasteiger partial charge in [0.1, 0.15) is 6.61 Å². The molecule has 0 spiro atoms. The number of carbonyl (C=O) groups is 1. The van der Waals surface area contributed by atoms with E-state index in [1.165, 1.54) is 22.3 Å². The second-order valence-corrected chi connectivity index (χ2v) is 6.53. The van der Waals surface area contributed by atoms with E-state index in [1.807, 2.05) is 24.3 Å². The fraction of sp³-hybridized carbons (Fsp3) is 0.174. The summed E-state index contributed by atoms with van der Waals surface area (Å²) in [6.07, 6.45) is 2.76. The first-order chi connectivity index (χ1) is 14.3. The smallest absolute Gasteiger partial charge is 0.407 e. The molecule has 2 aromatic carbocycles. The highest BCUT2D eigenvalue weighted by molar-refractivity contribution is 5.79. The highest BCUT2D eigenvalue weighted by atomic mass is 16.5. The number of amides is 1. The Hall–Kier alpha value is -3.85. The van der Waals surface area contributed by atoms with Gasteiger partial charge in [-0.3, -0.25) is 0 Å². The average molecular weight is 384 g/mol. The summed E-state index contributed by atoms with van der Waals surface area (Å²) in [6, 6.07) is 16.5. The first kappa shape index (κ1) is 18.5. The molecule has 4 rings (SSSR count). The number of anilines is 1. The largest absolute Gasteiger partial charge is 0.449 e. The van der Waals surface area contributed by atoms with Crippen molar-refractivity contribution in [1.82, 2.24) is 15.3 Å². The molecule has 0 radical (unpaired) electrons. The normalized spacial score (nSPS) is 11.6. The van der Waals surface area contributed by atoms with Crippen LogP contribution < -0.4 is 10.6 Å². The summed E-state index contributed by atoms with van der Waals surface area (Å²) < 4.78 is 5.47. The van der Waals surface area contributed by atoms with Gasteiger partial charge in [0.15, 0.2) is 0 Å². The Morgan fingerprint density at radius 3 is 2.28 bits per heavy atom. The number of ether oxygens (including phenoxy) is 1. The number of hydrogen-bond donors (Lipinski definition) is 2. The topological polar surface area (TPSA) is 76.1 Å². The molecule has 1 aliphatic carbocycles. The molecule has 0 saturated carbocycles. The SMILES string of the molecule is CNc1ncc(C#CCNC(=O)OCC2c3ccccc3-c3ccccc32)cn1. The van der Waals surface area contributed by atoms with Crippen molar-refractivity contribution in [3.8, 4) is 23.0 Å². The van der Waals surface area contributed by atoms with Crippen molar-refractivity contribution in [2.24, 2.45) is 0 Å². The number of alkyl carbamates (subject to hydrolysis) is 1. The third-order valence-electron chi connectivity index (χ3n) is 4.77. The predicted octanol–water partition coefficient (Wildman–Crippen LogP) is 3.41. The molecule has 0 aliphatic heterocycles. The van der Waals surface area contributed by atoms with Crippen LogP contribution in [0.1, 0.15) is 22.6 Å². The molecule has 1 heterocycles. The Kier molecular flexibility index (Phi) is 5.39. The fourth-order valence-corrected chi connectivity index (χ4v) is 3.43. The molecule has 0 unspecified atom stereocenters. The van der Waals surface area contributed by atoms with Crippen molar-refractivity contribution in [3.63, 3.8) is 0 Å². The minimum Gasteiger partial charge on any atom is -0.449 e. The zero-order valence-corrected chi connectivity index (χ0v) is 16.0. The maximum atomic E-state index is 12.1. The number of nitrogens with one attached hydrogen (secondary N) is 2. The Labute approximate surface area is 169 Å². The lowest BCUT2D eigenvalue weighted by Gasteiger charge is -2.14. The lowest BCUT2D eigenvalue weighted by atomic mass is 9.98. The molecule has 0 saturated heterocycles. The fourth-order valence-electron chi connectivity index (χ4n) is 3.43. The first-order valence-electron chi connectivity index (χ1n) is 9.34. The molecule has 6 heteroatoms. The maximum absolute atomic E-state index is 12.1. The molecule has 0 atom stereocenters. The van der Waals surface area contributed by atoms with Crippen molar-refractivity contribution in [1.29, 1.82) is 0 Å². The van der Waals surface area contributed by atoms with E-state index < -0.39 is 6.09 Å². The van der Waals surface area contributed by atoms with Crippen LogP contribution in [0.3, 0.4) is 0 Å². The van der Waals surface area contributed by atoms with Gasteiger partial charge in [-0.05, 0) is 22.3 Å². The molecule has 2 N–H and O–H groups in total. The summed E-state index contributed by atoms with van der Waals surface area (Å²) in [4.78, 5) is 20.3. The third-order valence-corrected chi connectivity index (χ3v) is 4.77. The van der Waals surface area contributed by atoms with E-state index in [2.05, 4.69) is 56.7 Å². The minimum absolute atomic E-state index is 0.0436. The van der Waals surface area contributed by atoms with E-state index in [9.17, 15) is 4.79 Å². The standard InChI is InChI=1S/C23H20N4O2/c1-24-22-26-13-16(14-27-22)7-6-12-25-23(28)29-15-21-19-10-4-2-8-17(19)18-9-3-5-11-20(18)21/h2-5,8-11,13-14,21H,12,15H2,1H3,(H,25,28)(H,24,26,27). The number of carbonyl (C=O) groups excluding carboxylic acids is 1. The van der Waals surface area contributed by atoms with Gasteiger partial charge in [0.2, 0.25) is 5.95 Å². The average Bonchev–Trinajstić information content (AvgIpc) is 3.09. The number of hydrogen-bond acceptors (Lipinski definition) is 5. The van der Waals surface area contributed by atoms with Gasteiger partial charge in [0.05, 0.1) is 12.1 Å². The van der Waals surface area contributed by atoms with E-state index in [-0.39, 0.29) is 19.1 Å². The molecule has 3 aromatic rings. The number of rotatable bonds is 4. The van der Waals surface area contributed by atoms with Gasteiger partial charge in [-0.25, -0.2) is 14.8 Å². The Bertz CT molecular complexity index is 1040. The molecule has 1 amide bonds. The molecule has 6 nitrogen and oxygen atoms in total. The number of benzene rings is 2. The number of fused-ring (bicyclic) bond motifs is 3. The highest BCUT2D eigenvalue weighted by Gasteiger charge is 2.28. The molecule has 1 aromatic heterocycles. The van der Waals surface area contributed by atoms with E-state index >= 15 is 0 Å². The quantitative estimate of drug-likeness (QED) is 0.674. The Balaban J connectivity index is 1.33. The van der Waals surface area contributed by atoms with E-state index in [1.54, 1.807) is 19.4 Å². The van der Waals surface area contributed by atoms with Crippen LogP contribution in [0.2, 0.25) is 0 Å². The summed E-state index contributed by atoms with van der Waals surface area (Å²) >= 11 is 0. The van der Waals surface area contributed by atoms with Crippen molar-refractivity contribution in [3.05, 3.63) is 77.6 Å². The predicted molar refractivity (Wildman–Crippen MR) is 112 cm³/mol. The Morgan fingerprint density at radius 2 is 1.66 bits per heavy atom. The minimum atomic E-state index is -0.483. The summed E-state index contributed by atoms with van der Waals surface area (Å²) in [6.45, 7) is 0.469. The number of nitrogens with zero attached hydrogens (tertiary/aromatic N) is 2. The van der Waals surface area contributed by atoms with Gasteiger partial charge in [-0.1, -0.05) is 60.4 Å². The van der Waals surface area contributed by atoms with Gasteiger partial charge in [0, 0.05) is 25.4 Å². The van der Waals surface area contributed by atoms with E-state index in [0.29, 0.717) is 11.5 Å². The molecule has 0 bridgehead atoms. The number of aromatic nitrogens is 2. The van der Waals surface area contributed by atoms with Gasteiger partial charge >= 0.3 is 6.09 Å². The van der Waals surface area contributed by atoms with Gasteiger partial charge in [-0.2, -0.15) is 0 Å². The van der Waals surface area contributed by atoms with Crippen LogP contribution in [0.5, 0.6) is 0 Å². The summed E-state index contributed by atoms with van der Waals surface area (Å²) in [5.41, 5.74) is 5.46. The lowest BCUT2D eigenvalue weighted by molar-refractivity contribution is 0.144. The zero-order chi connectivity index (χ0) is 20.1. The molecule has 0 fully saturated rings. The van der Waals surface area contributed by atoms with Crippen molar-refractivity contribution >= 4 is 12.0 Å². The van der Waals surface area contributed by atoms with Gasteiger partial charge in [0.25, 0.3) is 0 Å². The zero-order valence-electron chi connectivity index (χ0n) is 16.0. The molecule has 1 aliphatic rings. The molecule has 144 valence electrons. The summed E-state index contributed by atoms with van der Waals surface area (Å²) in [7, 11) is 1.75. The maximum Gasteiger partial charge on any atom is 0.407 e. The second kappa shape index (κ2) is 8.44. The van der Waals surface area contributed by atoms with Crippen LogP contribution in [-0.4, -0.2) is 36.3 Å². The van der Waals surface area contributed by atoms with Crippen LogP contribution >= 0.6 is 0 Å². The van der Waals surface area contributed by atoms with Crippen LogP contribution in [0.15, 0.2) is 60.9 Å². The summed E-state index contributed by atoms with van der Waals surface area (Å²) in [5.74, 6) is 6.35. The van der Waals surface area contributed by atoms with Crippen LogP contribution in [0, 0.1) is 11.8 Å². The highest BCUT2D eigenvalue weighted by Crippen LogP contribution is 2.44. The van der Waals surface area contributed by atoms with Gasteiger partial charge in [-0.15, -0.1) is 0 Å². The first-order valence-corrected chi connectivity index (χ1v) is 9.34. The van der Waals surface area contributed by atoms with Crippen LogP contribution in [0.4, 0.5) is 10.7 Å². The van der Waals surface area contributed by atoms with Crippen molar-refractivity contribution in [2.45, 2.75) is 5.92 Å². The van der Waals surface area contributed by atoms with E-state index in [4.69, 9.17) is 4.74 Å².